The normalized spacial score (nSPS) is 14.3. The summed E-state index contributed by atoms with van der Waals surface area (Å²) in [5.41, 5.74) is 10.5. The molecule has 2 aliphatic rings. The molecular formula is C38H30IrN4O-2. The number of rotatable bonds is 3. The molecule has 0 N–H and O–H groups in total. The monoisotopic (exact) mass is 751 g/mol. The van der Waals surface area contributed by atoms with E-state index < -0.39 is 0 Å². The van der Waals surface area contributed by atoms with Crippen LogP contribution in [0.5, 0.6) is 0 Å². The fraction of sp³-hybridized carbons (Fsp3) is 0.184. The van der Waals surface area contributed by atoms with Crippen LogP contribution in [0, 0.1) is 25.0 Å². The predicted octanol–water partition coefficient (Wildman–Crippen LogP) is 9.24. The van der Waals surface area contributed by atoms with Crippen molar-refractivity contribution in [1.29, 1.82) is 0 Å². The van der Waals surface area contributed by atoms with E-state index in [4.69, 9.17) is 9.40 Å². The Morgan fingerprint density at radius 2 is 1.73 bits per heavy atom. The summed E-state index contributed by atoms with van der Waals surface area (Å²) in [4.78, 5) is 13.7. The predicted molar refractivity (Wildman–Crippen MR) is 172 cm³/mol. The number of allylic oxidation sites excluding steroid dienone is 1. The first kappa shape index (κ1) is 28.4. The largest absolute Gasteiger partial charge is 0.486 e. The number of aryl methyl sites for hydroxylation is 1. The summed E-state index contributed by atoms with van der Waals surface area (Å²) in [5, 5.41) is 2.07. The van der Waals surface area contributed by atoms with Gasteiger partial charge in [0.2, 0.25) is 5.71 Å². The van der Waals surface area contributed by atoms with Gasteiger partial charge in [-0.25, -0.2) is 4.98 Å². The number of fused-ring (bicyclic) bond motifs is 3. The van der Waals surface area contributed by atoms with Gasteiger partial charge in [-0.05, 0) is 66.8 Å². The Labute approximate surface area is 270 Å². The Morgan fingerprint density at radius 1 is 0.841 bits per heavy atom. The van der Waals surface area contributed by atoms with Crippen molar-refractivity contribution in [1.82, 2.24) is 19.5 Å². The van der Waals surface area contributed by atoms with E-state index in [9.17, 15) is 0 Å². The maximum Gasteiger partial charge on any atom is 0.216 e. The second-order valence-electron chi connectivity index (χ2n) is 11.4. The standard InChI is InChI=1S/C21H19N2.C17H11N2O.Ir/c1-2-9-16(10-3-1)21-22-19-12-6-11-17-13-18(14-23(21)20(17)19)15-7-4-5-8-15;1-11-8-9-13-12-5-4-6-14(15-7-2-3-10-18-15)16(12)20-17(13)19-11;/h1-3,6,9,11-13,15H,4-5,7-8,14H2;2-5,7-10H,1H3;/q2*-1;. The topological polar surface area (TPSA) is 56.7 Å². The molecule has 5 heterocycles. The van der Waals surface area contributed by atoms with Gasteiger partial charge in [0.15, 0.2) is 0 Å². The average molecular weight is 751 g/mol. The van der Waals surface area contributed by atoms with Gasteiger partial charge in [-0.15, -0.1) is 54.1 Å². The van der Waals surface area contributed by atoms with Crippen molar-refractivity contribution in [2.24, 2.45) is 5.92 Å². The summed E-state index contributed by atoms with van der Waals surface area (Å²) in [6, 6.07) is 35.0. The molecule has 1 saturated carbocycles. The van der Waals surface area contributed by atoms with Gasteiger partial charge < -0.3 is 14.0 Å². The number of benzene rings is 3. The van der Waals surface area contributed by atoms with Crippen LogP contribution in [-0.4, -0.2) is 19.5 Å². The van der Waals surface area contributed by atoms with Crippen LogP contribution in [0.3, 0.4) is 0 Å². The Hall–Kier alpha value is -4.38. The van der Waals surface area contributed by atoms with Crippen molar-refractivity contribution >= 4 is 39.2 Å². The first-order chi connectivity index (χ1) is 21.2. The van der Waals surface area contributed by atoms with Gasteiger partial charge in [0, 0.05) is 43.9 Å². The average Bonchev–Trinajstić information content (AvgIpc) is 3.81. The molecule has 1 fully saturated rings. The van der Waals surface area contributed by atoms with E-state index >= 15 is 0 Å². The van der Waals surface area contributed by atoms with Gasteiger partial charge in [0.25, 0.3) is 0 Å². The SMILES string of the molecule is Cc1ccc2c(n1)oc1c(-c3ccccn3)[c-]ccc12.[Ir].[c-]1ccccc1-c1nc2cccc3c2n1CC(C1CCCC1)=C3. The summed E-state index contributed by atoms with van der Waals surface area (Å²) < 4.78 is 8.34. The minimum absolute atomic E-state index is 0. The molecular weight excluding hydrogens is 721 g/mol. The molecule has 0 amide bonds. The molecule has 1 aliphatic carbocycles. The molecule has 5 nitrogen and oxygen atoms in total. The molecule has 0 atom stereocenters. The van der Waals surface area contributed by atoms with Crippen molar-refractivity contribution in [3.8, 4) is 22.6 Å². The summed E-state index contributed by atoms with van der Waals surface area (Å²) in [6.45, 7) is 2.94. The molecule has 4 aromatic heterocycles. The van der Waals surface area contributed by atoms with Gasteiger partial charge in [0.05, 0.1) is 22.4 Å². The minimum Gasteiger partial charge on any atom is -0.486 e. The number of nitrogens with zero attached hydrogens (tertiary/aromatic N) is 4. The molecule has 6 heteroatoms. The van der Waals surface area contributed by atoms with Gasteiger partial charge in [-0.2, -0.15) is 0 Å². The molecule has 0 bridgehead atoms. The fourth-order valence-corrected chi connectivity index (χ4v) is 6.61. The van der Waals surface area contributed by atoms with Crippen molar-refractivity contribution in [2.45, 2.75) is 39.2 Å². The Morgan fingerprint density at radius 3 is 2.55 bits per heavy atom. The zero-order chi connectivity index (χ0) is 28.8. The van der Waals surface area contributed by atoms with E-state index in [1.54, 1.807) is 11.8 Å². The van der Waals surface area contributed by atoms with Gasteiger partial charge in [0.1, 0.15) is 0 Å². The quantitative estimate of drug-likeness (QED) is 0.169. The van der Waals surface area contributed by atoms with Crippen LogP contribution in [-0.2, 0) is 26.7 Å². The smallest absolute Gasteiger partial charge is 0.216 e. The number of pyridine rings is 2. The van der Waals surface area contributed by atoms with Gasteiger partial charge in [-0.3, -0.25) is 4.98 Å². The number of furan rings is 1. The second kappa shape index (κ2) is 12.0. The zero-order valence-electron chi connectivity index (χ0n) is 24.4. The van der Waals surface area contributed by atoms with Crippen molar-refractivity contribution in [3.05, 3.63) is 120 Å². The van der Waals surface area contributed by atoms with Crippen LogP contribution in [0.4, 0.5) is 0 Å². The van der Waals surface area contributed by atoms with Crippen molar-refractivity contribution in [3.63, 3.8) is 0 Å². The number of para-hydroxylation sites is 1. The van der Waals surface area contributed by atoms with Crippen LogP contribution < -0.4 is 0 Å². The first-order valence-corrected chi connectivity index (χ1v) is 15.0. The zero-order valence-corrected chi connectivity index (χ0v) is 26.8. The molecule has 7 aromatic rings. The third-order valence-electron chi connectivity index (χ3n) is 8.67. The van der Waals surface area contributed by atoms with Crippen molar-refractivity contribution in [2.75, 3.05) is 0 Å². The Balaban J connectivity index is 0.000000140. The molecule has 1 radical (unpaired) electrons. The van der Waals surface area contributed by atoms with Crippen LogP contribution >= 0.6 is 0 Å². The van der Waals surface area contributed by atoms with Gasteiger partial charge in [-0.1, -0.05) is 54.1 Å². The number of hydrogen-bond acceptors (Lipinski definition) is 4. The summed E-state index contributed by atoms with van der Waals surface area (Å²) in [5.74, 6) is 1.81. The number of imidazole rings is 1. The number of aromatic nitrogens is 4. The van der Waals surface area contributed by atoms with Crippen LogP contribution in [0.25, 0.3) is 61.8 Å². The minimum atomic E-state index is 0. The molecule has 44 heavy (non-hydrogen) atoms. The Kier molecular flexibility index (Phi) is 7.71. The Bertz CT molecular complexity index is 2120. The van der Waals surface area contributed by atoms with Gasteiger partial charge >= 0.3 is 0 Å². The van der Waals surface area contributed by atoms with E-state index in [1.807, 2.05) is 61.5 Å². The van der Waals surface area contributed by atoms with E-state index in [0.717, 1.165) is 62.7 Å². The maximum atomic E-state index is 5.94. The molecule has 0 saturated heterocycles. The number of hydrogen-bond donors (Lipinski definition) is 0. The molecule has 0 spiro atoms. The third-order valence-corrected chi connectivity index (χ3v) is 8.67. The maximum absolute atomic E-state index is 5.94. The third kappa shape index (κ3) is 5.08. The first-order valence-electron chi connectivity index (χ1n) is 15.0. The van der Waals surface area contributed by atoms with Crippen LogP contribution in [0.2, 0.25) is 0 Å². The molecule has 0 unspecified atom stereocenters. The summed E-state index contributed by atoms with van der Waals surface area (Å²) in [7, 11) is 0. The molecule has 3 aromatic carbocycles. The fourth-order valence-electron chi connectivity index (χ4n) is 6.61. The summed E-state index contributed by atoms with van der Waals surface area (Å²) in [6.07, 6.45) is 9.65. The second-order valence-corrected chi connectivity index (χ2v) is 11.4. The molecule has 9 rings (SSSR count). The van der Waals surface area contributed by atoms with E-state index in [1.165, 1.54) is 36.8 Å². The van der Waals surface area contributed by atoms with E-state index in [-0.39, 0.29) is 20.1 Å². The van der Waals surface area contributed by atoms with E-state index in [0.29, 0.717) is 5.71 Å². The van der Waals surface area contributed by atoms with Crippen LogP contribution in [0.15, 0.2) is 101 Å². The van der Waals surface area contributed by atoms with E-state index in [2.05, 4.69) is 63.1 Å². The van der Waals surface area contributed by atoms with Crippen LogP contribution in [0.1, 0.15) is 36.9 Å². The molecule has 1 aliphatic heterocycles. The molecule has 219 valence electrons. The summed E-state index contributed by atoms with van der Waals surface area (Å²) >= 11 is 0. The van der Waals surface area contributed by atoms with Crippen molar-refractivity contribution < 1.29 is 24.5 Å².